The molecule has 0 fully saturated rings. The summed E-state index contributed by atoms with van der Waals surface area (Å²) in [6, 6.07) is 0. The molecule has 0 spiro atoms. The molecular formula is C9F18. The third-order valence-electron chi connectivity index (χ3n) is 2.84. The van der Waals surface area contributed by atoms with E-state index in [2.05, 4.69) is 0 Å². The van der Waals surface area contributed by atoms with Crippen molar-refractivity contribution >= 4 is 0 Å². The van der Waals surface area contributed by atoms with Gasteiger partial charge in [0.05, 0.1) is 0 Å². The highest BCUT2D eigenvalue weighted by Crippen LogP contribution is 2.64. The van der Waals surface area contributed by atoms with Crippen molar-refractivity contribution in [3.63, 3.8) is 0 Å². The lowest BCUT2D eigenvalue weighted by molar-refractivity contribution is -0.443. The largest absolute Gasteiger partial charge is 0.385 e. The fourth-order valence-electron chi connectivity index (χ4n) is 1.22. The highest BCUT2D eigenvalue weighted by Gasteiger charge is 2.94. The number of rotatable bonds is 8. The van der Waals surface area contributed by atoms with Gasteiger partial charge < -0.3 is 0 Å². The number of halogens is 18. The summed E-state index contributed by atoms with van der Waals surface area (Å²) in [4.78, 5) is 0. The van der Waals surface area contributed by atoms with Crippen LogP contribution in [0, 0.1) is 12.9 Å². The van der Waals surface area contributed by atoms with Gasteiger partial charge in [0, 0.05) is 0 Å². The first kappa shape index (κ1) is 25.7. The van der Waals surface area contributed by atoms with Crippen molar-refractivity contribution < 1.29 is 79.0 Å². The molecule has 0 nitrogen and oxygen atoms in total. The molecular weight excluding hydrogens is 450 g/mol. The average molecular weight is 450 g/mol. The Morgan fingerprint density at radius 1 is 0.296 bits per heavy atom. The zero-order valence-corrected chi connectivity index (χ0v) is 11.3. The molecule has 2 radical (unpaired) electrons. The van der Waals surface area contributed by atoms with Gasteiger partial charge in [0.15, 0.2) is 0 Å². The zero-order chi connectivity index (χ0) is 22.7. The highest BCUT2D eigenvalue weighted by molar-refractivity contribution is 5.17. The highest BCUT2D eigenvalue weighted by atomic mass is 19.4. The monoisotopic (exact) mass is 450 g/mol. The maximum Gasteiger partial charge on any atom is 0.385 e. The SMILES string of the molecule is F[C](F)C(F)(F)C(F)(F)C(F)(F)C(F)(F)C(F)(F)C(F)(F)C(F)(F)[C](F)F. The van der Waals surface area contributed by atoms with E-state index in [9.17, 15) is 79.0 Å². The van der Waals surface area contributed by atoms with Gasteiger partial charge in [-0.1, -0.05) is 0 Å². The normalized spacial score (nSPS) is 16.4. The predicted octanol–water partition coefficient (Wildman–Crippen LogP) is 6.29. The molecule has 162 valence electrons. The Labute approximate surface area is 135 Å². The van der Waals surface area contributed by atoms with E-state index in [1.807, 2.05) is 0 Å². The van der Waals surface area contributed by atoms with Crippen molar-refractivity contribution in [3.8, 4) is 0 Å². The molecule has 0 aliphatic heterocycles. The molecule has 0 saturated heterocycles. The van der Waals surface area contributed by atoms with Crippen LogP contribution in [0.3, 0.4) is 0 Å². The lowest BCUT2D eigenvalue weighted by Gasteiger charge is -2.42. The maximum absolute atomic E-state index is 12.9. The first-order valence-electron chi connectivity index (χ1n) is 5.40. The van der Waals surface area contributed by atoms with Crippen molar-refractivity contribution in [2.45, 2.75) is 41.5 Å². The summed E-state index contributed by atoms with van der Waals surface area (Å²) in [5, 5.41) is 0. The summed E-state index contributed by atoms with van der Waals surface area (Å²) >= 11 is 0. The molecule has 0 rings (SSSR count). The molecule has 0 amide bonds. The second-order valence-electron chi connectivity index (χ2n) is 4.54. The molecule has 0 N–H and O–H groups in total. The van der Waals surface area contributed by atoms with Gasteiger partial charge in [-0.2, -0.15) is 79.0 Å². The first-order valence-corrected chi connectivity index (χ1v) is 5.40. The molecule has 0 bridgehead atoms. The zero-order valence-electron chi connectivity index (χ0n) is 11.3. The van der Waals surface area contributed by atoms with E-state index >= 15 is 0 Å². The molecule has 0 aliphatic rings. The second kappa shape index (κ2) is 6.38. The Kier molecular flexibility index (Phi) is 6.08. The predicted molar refractivity (Wildman–Crippen MR) is 45.5 cm³/mol. The minimum absolute atomic E-state index is 5.08. The Balaban J connectivity index is 6.62. The first-order chi connectivity index (χ1) is 11.4. The molecule has 0 unspecified atom stereocenters. The van der Waals surface area contributed by atoms with Crippen molar-refractivity contribution in [2.24, 2.45) is 0 Å². The van der Waals surface area contributed by atoms with E-state index < -0.39 is 54.3 Å². The van der Waals surface area contributed by atoms with Gasteiger partial charge in [0.1, 0.15) is 0 Å². The van der Waals surface area contributed by atoms with Crippen LogP contribution in [0.15, 0.2) is 0 Å². The maximum atomic E-state index is 12.9. The Hall–Kier alpha value is -1.26. The van der Waals surface area contributed by atoms with Crippen LogP contribution in [-0.2, 0) is 0 Å². The average Bonchev–Trinajstić information content (AvgIpc) is 2.45. The van der Waals surface area contributed by atoms with Crippen LogP contribution in [0.4, 0.5) is 79.0 Å². The van der Waals surface area contributed by atoms with E-state index in [-0.39, 0.29) is 0 Å². The van der Waals surface area contributed by atoms with Crippen molar-refractivity contribution in [3.05, 3.63) is 12.9 Å². The molecule has 0 heterocycles. The Morgan fingerprint density at radius 2 is 0.444 bits per heavy atom. The standard InChI is InChI=1S/C9F18/c10-1(11)3(14,15)5(18,19)7(22,23)9(26,27)8(24,25)6(20,21)4(16,17)2(12)13. The van der Waals surface area contributed by atoms with Gasteiger partial charge in [-0.3, -0.25) is 0 Å². The molecule has 0 aromatic carbocycles. The van der Waals surface area contributed by atoms with Crippen molar-refractivity contribution in [1.82, 2.24) is 0 Å². The third-order valence-corrected chi connectivity index (χ3v) is 2.84. The number of hydrogen-bond acceptors (Lipinski definition) is 0. The lowest BCUT2D eigenvalue weighted by Crippen LogP contribution is -2.73. The molecule has 0 saturated carbocycles. The van der Waals surface area contributed by atoms with E-state index in [0.29, 0.717) is 0 Å². The van der Waals surface area contributed by atoms with Gasteiger partial charge >= 0.3 is 54.3 Å². The molecule has 0 aliphatic carbocycles. The fraction of sp³-hybridized carbons (Fsp3) is 0.778. The summed E-state index contributed by atoms with van der Waals surface area (Å²) in [6.07, 6.45) is -10.2. The van der Waals surface area contributed by atoms with E-state index in [1.165, 1.54) is 0 Å². The van der Waals surface area contributed by atoms with Gasteiger partial charge in [0.2, 0.25) is 0 Å². The molecule has 0 atom stereocenters. The molecule has 27 heavy (non-hydrogen) atoms. The van der Waals surface area contributed by atoms with Crippen LogP contribution < -0.4 is 0 Å². The van der Waals surface area contributed by atoms with Gasteiger partial charge in [-0.05, 0) is 0 Å². The quantitative estimate of drug-likeness (QED) is 0.382. The smallest absolute Gasteiger partial charge is 0.192 e. The Bertz CT molecular complexity index is 483. The van der Waals surface area contributed by atoms with Crippen molar-refractivity contribution in [2.75, 3.05) is 0 Å². The van der Waals surface area contributed by atoms with Crippen LogP contribution >= 0.6 is 0 Å². The minimum atomic E-state index is -8.68. The van der Waals surface area contributed by atoms with E-state index in [0.717, 1.165) is 0 Å². The van der Waals surface area contributed by atoms with E-state index in [1.54, 1.807) is 0 Å². The van der Waals surface area contributed by atoms with Crippen LogP contribution in [0.1, 0.15) is 0 Å². The lowest BCUT2D eigenvalue weighted by atomic mass is 9.89. The van der Waals surface area contributed by atoms with Crippen LogP contribution in [0.25, 0.3) is 0 Å². The summed E-state index contributed by atoms with van der Waals surface area (Å²) in [5.74, 6) is -57.7. The van der Waals surface area contributed by atoms with Crippen molar-refractivity contribution in [1.29, 1.82) is 0 Å². The van der Waals surface area contributed by atoms with Gasteiger partial charge in [0.25, 0.3) is 0 Å². The topological polar surface area (TPSA) is 0 Å². The second-order valence-corrected chi connectivity index (χ2v) is 4.54. The van der Waals surface area contributed by atoms with Crippen LogP contribution in [0.5, 0.6) is 0 Å². The molecule has 18 heteroatoms. The van der Waals surface area contributed by atoms with Crippen LogP contribution in [0.2, 0.25) is 0 Å². The third kappa shape index (κ3) is 3.05. The number of alkyl halides is 14. The molecule has 0 aromatic heterocycles. The minimum Gasteiger partial charge on any atom is -0.192 e. The van der Waals surface area contributed by atoms with Gasteiger partial charge in [-0.15, -0.1) is 0 Å². The molecule has 0 aromatic rings. The summed E-state index contributed by atoms with van der Waals surface area (Å²) < 4.78 is 224. The number of hydrogen-bond donors (Lipinski definition) is 0. The summed E-state index contributed by atoms with van der Waals surface area (Å²) in [6.45, 7) is 0. The summed E-state index contributed by atoms with van der Waals surface area (Å²) in [5.41, 5.74) is 0. The Morgan fingerprint density at radius 3 is 0.593 bits per heavy atom. The van der Waals surface area contributed by atoms with Gasteiger partial charge in [-0.25, -0.2) is 0 Å². The van der Waals surface area contributed by atoms with Crippen LogP contribution in [-0.4, -0.2) is 41.5 Å². The van der Waals surface area contributed by atoms with E-state index in [4.69, 9.17) is 0 Å². The summed E-state index contributed by atoms with van der Waals surface area (Å²) in [7, 11) is 0. The fourth-order valence-corrected chi connectivity index (χ4v) is 1.22.